The number of benzene rings is 3. The highest BCUT2D eigenvalue weighted by atomic mass is 16.5. The van der Waals surface area contributed by atoms with E-state index in [1.54, 1.807) is 6.92 Å². The first-order chi connectivity index (χ1) is 16.6. The van der Waals surface area contributed by atoms with Crippen molar-refractivity contribution in [3.8, 4) is 28.0 Å². The van der Waals surface area contributed by atoms with Crippen LogP contribution in [0.25, 0.3) is 22.3 Å². The maximum atomic E-state index is 11.7. The first-order valence-corrected chi connectivity index (χ1v) is 12.7. The third kappa shape index (κ3) is 8.02. The molecule has 0 fully saturated rings. The van der Waals surface area contributed by atoms with Crippen molar-refractivity contribution in [2.24, 2.45) is 0 Å². The second-order valence-corrected chi connectivity index (χ2v) is 9.19. The second kappa shape index (κ2) is 13.5. The molecule has 0 aliphatic rings. The van der Waals surface area contributed by atoms with Crippen LogP contribution in [-0.4, -0.2) is 5.97 Å². The fourth-order valence-corrected chi connectivity index (χ4v) is 4.09. The van der Waals surface area contributed by atoms with Gasteiger partial charge in [-0.25, -0.2) is 4.79 Å². The summed E-state index contributed by atoms with van der Waals surface area (Å²) in [6, 6.07) is 25.2. The number of rotatable bonds is 13. The van der Waals surface area contributed by atoms with E-state index >= 15 is 0 Å². The number of hydrogen-bond donors (Lipinski definition) is 0. The SMILES string of the molecule is C=C(C)C(=O)Oc1ccc(-c2ccc(-c3ccc(CCCCCCCCCC)cc3)cc2)cc1. The van der Waals surface area contributed by atoms with E-state index in [1.807, 2.05) is 24.3 Å². The summed E-state index contributed by atoms with van der Waals surface area (Å²) in [6.45, 7) is 7.52. The van der Waals surface area contributed by atoms with Crippen LogP contribution in [0.5, 0.6) is 5.75 Å². The van der Waals surface area contributed by atoms with Crippen LogP contribution < -0.4 is 4.74 Å². The lowest BCUT2D eigenvalue weighted by Crippen LogP contribution is -2.07. The second-order valence-electron chi connectivity index (χ2n) is 9.19. The normalized spacial score (nSPS) is 10.8. The van der Waals surface area contributed by atoms with Crippen molar-refractivity contribution < 1.29 is 9.53 Å². The van der Waals surface area contributed by atoms with Gasteiger partial charge < -0.3 is 4.74 Å². The summed E-state index contributed by atoms with van der Waals surface area (Å²) in [7, 11) is 0. The Morgan fingerprint density at radius 2 is 1.06 bits per heavy atom. The summed E-state index contributed by atoms with van der Waals surface area (Å²) in [6.07, 6.45) is 12.1. The summed E-state index contributed by atoms with van der Waals surface area (Å²) in [4.78, 5) is 11.7. The van der Waals surface area contributed by atoms with Gasteiger partial charge in [0, 0.05) is 5.57 Å². The number of ether oxygens (including phenoxy) is 1. The monoisotopic (exact) mass is 454 g/mol. The molecule has 0 aromatic heterocycles. The van der Waals surface area contributed by atoms with Gasteiger partial charge in [-0.15, -0.1) is 0 Å². The van der Waals surface area contributed by atoms with Gasteiger partial charge in [-0.1, -0.05) is 119 Å². The van der Waals surface area contributed by atoms with E-state index in [9.17, 15) is 4.79 Å². The molecule has 0 N–H and O–H groups in total. The molecule has 0 saturated heterocycles. The Balaban J connectivity index is 1.49. The zero-order chi connectivity index (χ0) is 24.2. The van der Waals surface area contributed by atoms with Crippen LogP contribution in [0.3, 0.4) is 0 Å². The highest BCUT2D eigenvalue weighted by Crippen LogP contribution is 2.27. The molecule has 0 spiro atoms. The molecule has 0 heterocycles. The molecule has 2 nitrogen and oxygen atoms in total. The molecule has 0 amide bonds. The molecule has 0 unspecified atom stereocenters. The first-order valence-electron chi connectivity index (χ1n) is 12.7. The maximum Gasteiger partial charge on any atom is 0.338 e. The quantitative estimate of drug-likeness (QED) is 0.111. The molecule has 2 heteroatoms. The van der Waals surface area contributed by atoms with Crippen LogP contribution in [0.15, 0.2) is 84.9 Å². The number of aryl methyl sites for hydroxylation is 1. The number of hydrogen-bond acceptors (Lipinski definition) is 2. The Morgan fingerprint density at radius 1 is 0.647 bits per heavy atom. The Kier molecular flexibility index (Phi) is 10.2. The van der Waals surface area contributed by atoms with Gasteiger partial charge in [0.2, 0.25) is 0 Å². The van der Waals surface area contributed by atoms with E-state index in [0.717, 1.165) is 11.1 Å². The molecular formula is C32H38O2. The van der Waals surface area contributed by atoms with Crippen LogP contribution in [0.2, 0.25) is 0 Å². The molecule has 0 radical (unpaired) electrons. The van der Waals surface area contributed by atoms with Crippen LogP contribution >= 0.6 is 0 Å². The van der Waals surface area contributed by atoms with Gasteiger partial charge in [-0.05, 0) is 59.7 Å². The molecule has 178 valence electrons. The van der Waals surface area contributed by atoms with Crippen LogP contribution in [0.4, 0.5) is 0 Å². The molecule has 0 atom stereocenters. The van der Waals surface area contributed by atoms with E-state index in [4.69, 9.17) is 4.74 Å². The fraction of sp³-hybridized carbons (Fsp3) is 0.344. The van der Waals surface area contributed by atoms with E-state index in [1.165, 1.54) is 74.5 Å². The predicted octanol–water partition coefficient (Wildman–Crippen LogP) is 9.19. The van der Waals surface area contributed by atoms with Gasteiger partial charge in [0.1, 0.15) is 5.75 Å². The lowest BCUT2D eigenvalue weighted by Gasteiger charge is -2.08. The van der Waals surface area contributed by atoms with Gasteiger partial charge in [0.05, 0.1) is 0 Å². The summed E-state index contributed by atoms with van der Waals surface area (Å²) < 4.78 is 5.27. The van der Waals surface area contributed by atoms with E-state index < -0.39 is 5.97 Å². The standard InChI is InChI=1S/C32H38O2/c1-4-5-6-7-8-9-10-11-12-26-13-15-27(16-14-26)28-17-19-29(20-18-28)30-21-23-31(24-22-30)34-32(33)25(2)3/h13-24H,2,4-12H2,1,3H3. The summed E-state index contributed by atoms with van der Waals surface area (Å²) in [5, 5.41) is 0. The van der Waals surface area contributed by atoms with Crippen molar-refractivity contribution >= 4 is 5.97 Å². The van der Waals surface area contributed by atoms with Crippen LogP contribution in [0.1, 0.15) is 70.8 Å². The third-order valence-electron chi connectivity index (χ3n) is 6.24. The van der Waals surface area contributed by atoms with Gasteiger partial charge in [-0.2, -0.15) is 0 Å². The minimum atomic E-state index is -0.402. The Hall–Kier alpha value is -3.13. The van der Waals surface area contributed by atoms with Crippen molar-refractivity contribution in [2.75, 3.05) is 0 Å². The molecule has 3 aromatic rings. The van der Waals surface area contributed by atoms with Crippen molar-refractivity contribution in [1.82, 2.24) is 0 Å². The smallest absolute Gasteiger partial charge is 0.338 e. The van der Waals surface area contributed by atoms with Crippen molar-refractivity contribution in [2.45, 2.75) is 71.6 Å². The van der Waals surface area contributed by atoms with Crippen molar-refractivity contribution in [3.63, 3.8) is 0 Å². The van der Waals surface area contributed by atoms with E-state index in [-0.39, 0.29) is 0 Å². The molecule has 3 aromatic carbocycles. The minimum Gasteiger partial charge on any atom is -0.423 e. The summed E-state index contributed by atoms with van der Waals surface area (Å²) >= 11 is 0. The minimum absolute atomic E-state index is 0.390. The number of esters is 1. The molecular weight excluding hydrogens is 416 g/mol. The lowest BCUT2D eigenvalue weighted by molar-refractivity contribution is -0.130. The van der Waals surface area contributed by atoms with E-state index in [0.29, 0.717) is 11.3 Å². The van der Waals surface area contributed by atoms with Gasteiger partial charge >= 0.3 is 5.97 Å². The number of unbranched alkanes of at least 4 members (excludes halogenated alkanes) is 7. The molecule has 34 heavy (non-hydrogen) atoms. The molecule has 0 aliphatic carbocycles. The maximum absolute atomic E-state index is 11.7. The topological polar surface area (TPSA) is 26.3 Å². The summed E-state index contributed by atoms with van der Waals surface area (Å²) in [5.74, 6) is 0.126. The molecule has 0 aliphatic heterocycles. The fourth-order valence-electron chi connectivity index (χ4n) is 4.09. The number of carbonyl (C=O) groups is 1. The largest absolute Gasteiger partial charge is 0.423 e. The first kappa shape index (κ1) is 25.5. The highest BCUT2D eigenvalue weighted by Gasteiger charge is 2.06. The summed E-state index contributed by atoms with van der Waals surface area (Å²) in [5.41, 5.74) is 6.50. The molecule has 0 saturated carbocycles. The highest BCUT2D eigenvalue weighted by molar-refractivity contribution is 5.88. The van der Waals surface area contributed by atoms with Crippen LogP contribution in [0, 0.1) is 0 Å². The Morgan fingerprint density at radius 3 is 1.53 bits per heavy atom. The third-order valence-corrected chi connectivity index (χ3v) is 6.24. The average Bonchev–Trinajstić information content (AvgIpc) is 2.86. The molecule has 3 rings (SSSR count). The lowest BCUT2D eigenvalue weighted by atomic mass is 9.98. The van der Waals surface area contributed by atoms with E-state index in [2.05, 4.69) is 62.0 Å². The zero-order valence-corrected chi connectivity index (χ0v) is 20.8. The van der Waals surface area contributed by atoms with Crippen molar-refractivity contribution in [1.29, 1.82) is 0 Å². The van der Waals surface area contributed by atoms with Gasteiger partial charge in [-0.3, -0.25) is 0 Å². The van der Waals surface area contributed by atoms with Crippen molar-refractivity contribution in [3.05, 3.63) is 90.5 Å². The average molecular weight is 455 g/mol. The number of carbonyl (C=O) groups excluding carboxylic acids is 1. The van der Waals surface area contributed by atoms with Gasteiger partial charge in [0.25, 0.3) is 0 Å². The molecule has 0 bridgehead atoms. The predicted molar refractivity (Wildman–Crippen MR) is 144 cm³/mol. The Labute approximate surface area is 205 Å². The van der Waals surface area contributed by atoms with Gasteiger partial charge in [0.15, 0.2) is 0 Å². The Bertz CT molecular complexity index is 1030. The van der Waals surface area contributed by atoms with Crippen LogP contribution in [-0.2, 0) is 11.2 Å². The zero-order valence-electron chi connectivity index (χ0n) is 20.8.